The summed E-state index contributed by atoms with van der Waals surface area (Å²) >= 11 is 0. The lowest BCUT2D eigenvalue weighted by molar-refractivity contribution is 0.274. The van der Waals surface area contributed by atoms with Crippen LogP contribution in [0.25, 0.3) is 0 Å². The third kappa shape index (κ3) is 2.58. The summed E-state index contributed by atoms with van der Waals surface area (Å²) in [5, 5.41) is 12.6. The Labute approximate surface area is 94.8 Å². The van der Waals surface area contributed by atoms with Gasteiger partial charge >= 0.3 is 0 Å². The molecule has 2 N–H and O–H groups in total. The first-order valence-corrected chi connectivity index (χ1v) is 5.23. The fourth-order valence-electron chi connectivity index (χ4n) is 1.53. The summed E-state index contributed by atoms with van der Waals surface area (Å²) in [6, 6.07) is 15.3. The van der Waals surface area contributed by atoms with Crippen molar-refractivity contribution in [3.63, 3.8) is 0 Å². The van der Waals surface area contributed by atoms with Crippen LogP contribution in [0, 0.1) is 0 Å². The predicted molar refractivity (Wildman–Crippen MR) is 64.1 cm³/mol. The number of anilines is 1. The summed E-state index contributed by atoms with van der Waals surface area (Å²) in [4.78, 5) is 4.22. The van der Waals surface area contributed by atoms with Crippen molar-refractivity contribution >= 4 is 5.69 Å². The molecular formula is C13H14N2O. The fourth-order valence-corrected chi connectivity index (χ4v) is 1.53. The highest BCUT2D eigenvalue weighted by Gasteiger charge is 2.10. The van der Waals surface area contributed by atoms with Crippen molar-refractivity contribution in [2.24, 2.45) is 0 Å². The molecule has 0 aliphatic carbocycles. The smallest absolute Gasteiger partial charge is 0.0917 e. The average molecular weight is 214 g/mol. The maximum atomic E-state index is 9.34. The first-order chi connectivity index (χ1) is 7.90. The quantitative estimate of drug-likeness (QED) is 0.820. The van der Waals surface area contributed by atoms with Crippen LogP contribution in [-0.4, -0.2) is 16.7 Å². The van der Waals surface area contributed by atoms with Crippen LogP contribution in [0.4, 0.5) is 5.69 Å². The summed E-state index contributed by atoms with van der Waals surface area (Å²) in [5.74, 6) is 0. The minimum absolute atomic E-state index is 0.0197. The van der Waals surface area contributed by atoms with Crippen LogP contribution >= 0.6 is 0 Å². The zero-order valence-corrected chi connectivity index (χ0v) is 8.88. The van der Waals surface area contributed by atoms with Crippen molar-refractivity contribution in [1.29, 1.82) is 0 Å². The number of benzene rings is 1. The van der Waals surface area contributed by atoms with Gasteiger partial charge in [-0.25, -0.2) is 0 Å². The van der Waals surface area contributed by atoms with Crippen LogP contribution in [0.5, 0.6) is 0 Å². The second-order valence-electron chi connectivity index (χ2n) is 3.50. The summed E-state index contributed by atoms with van der Waals surface area (Å²) in [6.45, 7) is 0.0197. The number of hydrogen-bond donors (Lipinski definition) is 2. The molecule has 3 heteroatoms. The van der Waals surface area contributed by atoms with Crippen LogP contribution in [0.3, 0.4) is 0 Å². The standard InChI is InChI=1S/C13H14N2O/c16-10-13(12-8-4-5-9-14-12)15-11-6-2-1-3-7-11/h1-9,13,15-16H,10H2. The Morgan fingerprint density at radius 1 is 1.06 bits per heavy atom. The highest BCUT2D eigenvalue weighted by Crippen LogP contribution is 2.16. The van der Waals surface area contributed by atoms with Gasteiger partial charge in [-0.15, -0.1) is 0 Å². The second-order valence-corrected chi connectivity index (χ2v) is 3.50. The van der Waals surface area contributed by atoms with E-state index in [1.54, 1.807) is 6.20 Å². The molecule has 1 unspecified atom stereocenters. The van der Waals surface area contributed by atoms with Gasteiger partial charge in [-0.05, 0) is 24.3 Å². The summed E-state index contributed by atoms with van der Waals surface area (Å²) in [5.41, 5.74) is 1.82. The molecule has 1 aromatic heterocycles. The molecule has 2 rings (SSSR count). The van der Waals surface area contributed by atoms with Crippen molar-refractivity contribution in [1.82, 2.24) is 4.98 Å². The Hall–Kier alpha value is -1.87. The number of aliphatic hydroxyl groups is 1. The molecule has 2 aromatic rings. The van der Waals surface area contributed by atoms with Gasteiger partial charge in [-0.2, -0.15) is 0 Å². The molecule has 0 aliphatic rings. The Kier molecular flexibility index (Phi) is 3.51. The van der Waals surface area contributed by atoms with Gasteiger partial charge in [0.15, 0.2) is 0 Å². The first kappa shape index (κ1) is 10.6. The molecule has 3 nitrogen and oxygen atoms in total. The number of hydrogen-bond acceptors (Lipinski definition) is 3. The zero-order valence-electron chi connectivity index (χ0n) is 8.88. The van der Waals surface area contributed by atoms with Crippen molar-refractivity contribution < 1.29 is 5.11 Å². The summed E-state index contributed by atoms with van der Waals surface area (Å²) < 4.78 is 0. The minimum atomic E-state index is -0.163. The molecule has 0 radical (unpaired) electrons. The number of rotatable bonds is 4. The highest BCUT2D eigenvalue weighted by molar-refractivity contribution is 5.44. The van der Waals surface area contributed by atoms with Gasteiger partial charge in [-0.3, -0.25) is 4.98 Å². The van der Waals surface area contributed by atoms with E-state index in [-0.39, 0.29) is 12.6 Å². The number of para-hydroxylation sites is 1. The summed E-state index contributed by atoms with van der Waals surface area (Å²) in [6.07, 6.45) is 1.73. The number of pyridine rings is 1. The Morgan fingerprint density at radius 3 is 2.44 bits per heavy atom. The lowest BCUT2D eigenvalue weighted by Crippen LogP contribution is -2.15. The first-order valence-electron chi connectivity index (χ1n) is 5.23. The number of nitrogens with zero attached hydrogens (tertiary/aromatic N) is 1. The molecule has 1 heterocycles. The van der Waals surface area contributed by atoms with E-state index in [0.29, 0.717) is 0 Å². The third-order valence-electron chi connectivity index (χ3n) is 2.34. The minimum Gasteiger partial charge on any atom is -0.394 e. The largest absolute Gasteiger partial charge is 0.394 e. The van der Waals surface area contributed by atoms with Gasteiger partial charge in [-0.1, -0.05) is 24.3 Å². The van der Waals surface area contributed by atoms with Crippen molar-refractivity contribution in [3.8, 4) is 0 Å². The molecule has 82 valence electrons. The fraction of sp³-hybridized carbons (Fsp3) is 0.154. The molecule has 0 amide bonds. The molecule has 0 spiro atoms. The molecule has 1 aromatic carbocycles. The van der Waals surface area contributed by atoms with E-state index < -0.39 is 0 Å². The van der Waals surface area contributed by atoms with Crippen LogP contribution in [-0.2, 0) is 0 Å². The Morgan fingerprint density at radius 2 is 1.81 bits per heavy atom. The molecule has 0 bridgehead atoms. The molecular weight excluding hydrogens is 200 g/mol. The van der Waals surface area contributed by atoms with E-state index in [1.165, 1.54) is 0 Å². The lowest BCUT2D eigenvalue weighted by Gasteiger charge is -2.16. The van der Waals surface area contributed by atoms with Crippen molar-refractivity contribution in [2.45, 2.75) is 6.04 Å². The van der Waals surface area contributed by atoms with E-state index in [2.05, 4.69) is 10.3 Å². The number of aromatic nitrogens is 1. The summed E-state index contributed by atoms with van der Waals surface area (Å²) in [7, 11) is 0. The van der Waals surface area contributed by atoms with Crippen LogP contribution < -0.4 is 5.32 Å². The topological polar surface area (TPSA) is 45.1 Å². The van der Waals surface area contributed by atoms with Gasteiger partial charge in [0.25, 0.3) is 0 Å². The Balaban J connectivity index is 2.13. The van der Waals surface area contributed by atoms with Gasteiger partial charge < -0.3 is 10.4 Å². The Bertz CT molecular complexity index is 416. The van der Waals surface area contributed by atoms with E-state index >= 15 is 0 Å². The van der Waals surface area contributed by atoms with E-state index in [1.807, 2.05) is 48.5 Å². The monoisotopic (exact) mass is 214 g/mol. The lowest BCUT2D eigenvalue weighted by atomic mass is 10.2. The van der Waals surface area contributed by atoms with Crippen molar-refractivity contribution in [3.05, 3.63) is 60.4 Å². The van der Waals surface area contributed by atoms with E-state index in [4.69, 9.17) is 0 Å². The van der Waals surface area contributed by atoms with Gasteiger partial charge in [0.2, 0.25) is 0 Å². The van der Waals surface area contributed by atoms with Crippen LogP contribution in [0.1, 0.15) is 11.7 Å². The number of nitrogens with one attached hydrogen (secondary N) is 1. The third-order valence-corrected chi connectivity index (χ3v) is 2.34. The molecule has 1 atom stereocenters. The van der Waals surface area contributed by atoms with Gasteiger partial charge in [0.05, 0.1) is 18.3 Å². The van der Waals surface area contributed by atoms with Crippen LogP contribution in [0.15, 0.2) is 54.7 Å². The van der Waals surface area contributed by atoms with E-state index in [9.17, 15) is 5.11 Å². The maximum Gasteiger partial charge on any atom is 0.0917 e. The van der Waals surface area contributed by atoms with E-state index in [0.717, 1.165) is 11.4 Å². The molecule has 0 saturated heterocycles. The number of aliphatic hydroxyl groups excluding tert-OH is 1. The normalized spacial score (nSPS) is 12.1. The molecule has 0 saturated carbocycles. The molecule has 0 aliphatic heterocycles. The SMILES string of the molecule is OCC(Nc1ccccc1)c1ccccn1. The average Bonchev–Trinajstić information content (AvgIpc) is 2.38. The van der Waals surface area contributed by atoms with Crippen LogP contribution in [0.2, 0.25) is 0 Å². The highest BCUT2D eigenvalue weighted by atomic mass is 16.3. The molecule has 16 heavy (non-hydrogen) atoms. The van der Waals surface area contributed by atoms with Gasteiger partial charge in [0.1, 0.15) is 0 Å². The molecule has 0 fully saturated rings. The van der Waals surface area contributed by atoms with Crippen molar-refractivity contribution in [2.75, 3.05) is 11.9 Å². The van der Waals surface area contributed by atoms with Gasteiger partial charge in [0, 0.05) is 11.9 Å². The predicted octanol–water partition coefficient (Wildman–Crippen LogP) is 2.23. The maximum absolute atomic E-state index is 9.34. The zero-order chi connectivity index (χ0) is 11.2. The second kappa shape index (κ2) is 5.28.